The Morgan fingerprint density at radius 3 is 2.79 bits per heavy atom. The van der Waals surface area contributed by atoms with Crippen LogP contribution in [0.1, 0.15) is 59.9 Å². The molecule has 8 nitrogen and oxygen atoms in total. The molecule has 0 aromatic carbocycles. The largest absolute Gasteiger partial charge is 0.478 e. The molecule has 2 fully saturated rings. The van der Waals surface area contributed by atoms with E-state index in [0.717, 1.165) is 35.9 Å². The second-order valence-corrected chi connectivity index (χ2v) is 10.1. The van der Waals surface area contributed by atoms with Crippen molar-refractivity contribution in [1.82, 2.24) is 14.4 Å². The van der Waals surface area contributed by atoms with Crippen molar-refractivity contribution in [1.29, 1.82) is 0 Å². The number of aliphatic hydroxyl groups is 1. The topological polar surface area (TPSA) is 108 Å². The first-order chi connectivity index (χ1) is 16.5. The molecule has 3 aromatic rings. The van der Waals surface area contributed by atoms with Crippen LogP contribution in [-0.2, 0) is 17.6 Å². The molecule has 34 heavy (non-hydrogen) atoms. The van der Waals surface area contributed by atoms with Crippen molar-refractivity contribution >= 4 is 34.8 Å². The Balaban J connectivity index is 1.44. The number of thiazole rings is 1. The molecule has 9 heteroatoms. The molecule has 178 valence electrons. The van der Waals surface area contributed by atoms with Crippen LogP contribution in [0.2, 0.25) is 0 Å². The summed E-state index contributed by atoms with van der Waals surface area (Å²) in [5.41, 5.74) is 2.70. The van der Waals surface area contributed by atoms with Gasteiger partial charge in [-0.15, -0.1) is 11.3 Å². The first kappa shape index (κ1) is 22.7. The van der Waals surface area contributed by atoms with Gasteiger partial charge in [-0.3, -0.25) is 9.20 Å². The van der Waals surface area contributed by atoms with Gasteiger partial charge in [0.2, 0.25) is 0 Å². The normalized spacial score (nSPS) is 19.1. The Bertz CT molecular complexity index is 1290. The molecule has 0 spiro atoms. The van der Waals surface area contributed by atoms with Gasteiger partial charge in [-0.05, 0) is 55.9 Å². The number of carbonyl (C=O) groups is 1. The molecule has 0 bridgehead atoms. The number of aliphatic hydroxyl groups excluding tert-OH is 1. The summed E-state index contributed by atoms with van der Waals surface area (Å²) in [6, 6.07) is 3.82. The lowest BCUT2D eigenvalue weighted by Gasteiger charge is -2.32. The van der Waals surface area contributed by atoms with E-state index >= 15 is 0 Å². The molecule has 1 aliphatic heterocycles. The summed E-state index contributed by atoms with van der Waals surface area (Å²) in [6.07, 6.45) is 10.4. The summed E-state index contributed by atoms with van der Waals surface area (Å²) in [6.45, 7) is 1.02. The number of hydrogen-bond acceptors (Lipinski definition) is 7. The average Bonchev–Trinajstić information content (AvgIpc) is 3.23. The molecule has 2 aliphatic rings. The van der Waals surface area contributed by atoms with E-state index < -0.39 is 12.1 Å². The predicted octanol–water partition coefficient (Wildman–Crippen LogP) is 3.26. The third-order valence-electron chi connectivity index (χ3n) is 6.72. The van der Waals surface area contributed by atoms with Crippen LogP contribution in [0.5, 0.6) is 0 Å². The van der Waals surface area contributed by atoms with Crippen LogP contribution < -0.4 is 10.5 Å². The number of nitrogens with zero attached hydrogens (tertiary/aromatic N) is 4. The number of piperidine rings is 1. The van der Waals surface area contributed by atoms with Gasteiger partial charge in [-0.2, -0.15) is 0 Å². The predicted molar refractivity (Wildman–Crippen MR) is 132 cm³/mol. The number of aliphatic carboxylic acids is 1. The molecule has 1 saturated carbocycles. The number of anilines is 1. The quantitative estimate of drug-likeness (QED) is 0.500. The number of pyridine rings is 1. The lowest BCUT2D eigenvalue weighted by Crippen LogP contribution is -2.40. The lowest BCUT2D eigenvalue weighted by atomic mass is 9.83. The Hall–Kier alpha value is -3.04. The minimum absolute atomic E-state index is 0.216. The highest BCUT2D eigenvalue weighted by molar-refractivity contribution is 7.09. The first-order valence-electron chi connectivity index (χ1n) is 11.8. The highest BCUT2D eigenvalue weighted by atomic mass is 32.1. The van der Waals surface area contributed by atoms with Crippen molar-refractivity contribution in [3.05, 3.63) is 62.0 Å². The molecule has 1 unspecified atom stereocenters. The number of carboxylic acids is 1. The number of rotatable bonds is 7. The van der Waals surface area contributed by atoms with Crippen LogP contribution in [0.25, 0.3) is 11.7 Å². The number of β-amino-alcohol motifs (C(OH)–C–C–N with tert-alkyl or cyclic N) is 1. The number of aryl methyl sites for hydroxylation is 2. The summed E-state index contributed by atoms with van der Waals surface area (Å²) in [5, 5.41) is 22.5. The van der Waals surface area contributed by atoms with Crippen LogP contribution in [0.3, 0.4) is 0 Å². The minimum atomic E-state index is -1.13. The van der Waals surface area contributed by atoms with E-state index in [1.165, 1.54) is 35.4 Å². The van der Waals surface area contributed by atoms with Crippen LogP contribution in [0.4, 0.5) is 5.82 Å². The second-order valence-electron chi connectivity index (χ2n) is 9.13. The van der Waals surface area contributed by atoms with E-state index in [-0.39, 0.29) is 11.1 Å². The third-order valence-corrected chi connectivity index (χ3v) is 7.65. The summed E-state index contributed by atoms with van der Waals surface area (Å²) in [7, 11) is 0. The zero-order chi connectivity index (χ0) is 23.7. The standard InChI is InChI=1S/C25H28N4O4S/c30-18-5-2-11-28(14-18)24-19(7-9-23(31)32)25(33)29-12-10-16(13-21(29)27-24)6-8-22-26-20(15-34-22)17-3-1-4-17/h7,9-10,12-13,15,17-18,30H,1-6,8,11,14H2,(H,31,32). The monoisotopic (exact) mass is 480 g/mol. The summed E-state index contributed by atoms with van der Waals surface area (Å²) in [4.78, 5) is 35.8. The van der Waals surface area contributed by atoms with Crippen molar-refractivity contribution in [3.8, 4) is 0 Å². The maximum Gasteiger partial charge on any atom is 0.328 e. The van der Waals surface area contributed by atoms with Gasteiger partial charge in [0, 0.05) is 43.1 Å². The Kier molecular flexibility index (Phi) is 6.47. The zero-order valence-corrected chi connectivity index (χ0v) is 19.7. The van der Waals surface area contributed by atoms with Gasteiger partial charge in [-0.1, -0.05) is 6.42 Å². The number of aromatic nitrogens is 3. The van der Waals surface area contributed by atoms with Crippen molar-refractivity contribution < 1.29 is 15.0 Å². The maximum absolute atomic E-state index is 13.3. The molecule has 0 radical (unpaired) electrons. The number of hydrogen-bond donors (Lipinski definition) is 2. The Labute approximate surface area is 201 Å². The van der Waals surface area contributed by atoms with Crippen molar-refractivity contribution in [3.63, 3.8) is 0 Å². The van der Waals surface area contributed by atoms with Gasteiger partial charge in [0.25, 0.3) is 5.56 Å². The average molecular weight is 481 g/mol. The van der Waals surface area contributed by atoms with E-state index in [2.05, 4.69) is 5.38 Å². The zero-order valence-electron chi connectivity index (χ0n) is 18.9. The minimum Gasteiger partial charge on any atom is -0.478 e. The van der Waals surface area contributed by atoms with Gasteiger partial charge in [0.1, 0.15) is 11.5 Å². The molecule has 1 atom stereocenters. The van der Waals surface area contributed by atoms with Crippen LogP contribution >= 0.6 is 11.3 Å². The summed E-state index contributed by atoms with van der Waals surface area (Å²) < 4.78 is 1.45. The fraction of sp³-hybridized carbons (Fsp3) is 0.440. The number of carboxylic acid groups (broad SMARTS) is 1. The van der Waals surface area contributed by atoms with E-state index in [9.17, 15) is 14.7 Å². The summed E-state index contributed by atoms with van der Waals surface area (Å²) in [5.74, 6) is -0.0755. The lowest BCUT2D eigenvalue weighted by molar-refractivity contribution is -0.131. The molecule has 1 saturated heterocycles. The highest BCUT2D eigenvalue weighted by Crippen LogP contribution is 2.36. The first-order valence-corrected chi connectivity index (χ1v) is 12.7. The number of fused-ring (bicyclic) bond motifs is 1. The highest BCUT2D eigenvalue weighted by Gasteiger charge is 2.24. The van der Waals surface area contributed by atoms with Gasteiger partial charge >= 0.3 is 5.97 Å². The van der Waals surface area contributed by atoms with E-state index in [0.29, 0.717) is 36.9 Å². The SMILES string of the molecule is O=C(O)C=Cc1c(N2CCCC(O)C2)nc2cc(CCc3nc(C4CCC4)cs3)ccn2c1=O. The molecule has 2 N–H and O–H groups in total. The van der Waals surface area contributed by atoms with Crippen LogP contribution in [0, 0.1) is 0 Å². The molecular weight excluding hydrogens is 452 g/mol. The van der Waals surface area contributed by atoms with Crippen LogP contribution in [0.15, 0.2) is 34.6 Å². The van der Waals surface area contributed by atoms with E-state index in [4.69, 9.17) is 15.1 Å². The smallest absolute Gasteiger partial charge is 0.328 e. The Morgan fingerprint density at radius 1 is 1.21 bits per heavy atom. The van der Waals surface area contributed by atoms with Crippen molar-refractivity contribution in [2.45, 2.75) is 57.0 Å². The van der Waals surface area contributed by atoms with Gasteiger partial charge in [0.05, 0.1) is 22.4 Å². The molecule has 4 heterocycles. The molecule has 1 aliphatic carbocycles. The fourth-order valence-corrected chi connectivity index (χ4v) is 5.49. The Morgan fingerprint density at radius 2 is 2.06 bits per heavy atom. The maximum atomic E-state index is 13.3. The fourth-order valence-electron chi connectivity index (χ4n) is 4.61. The second kappa shape index (κ2) is 9.68. The van der Waals surface area contributed by atoms with Gasteiger partial charge in [0.15, 0.2) is 0 Å². The molecule has 5 rings (SSSR count). The van der Waals surface area contributed by atoms with Crippen LogP contribution in [-0.4, -0.2) is 49.7 Å². The third kappa shape index (κ3) is 4.76. The van der Waals surface area contributed by atoms with Gasteiger partial charge < -0.3 is 15.1 Å². The summed E-state index contributed by atoms with van der Waals surface area (Å²) >= 11 is 1.72. The van der Waals surface area contributed by atoms with Gasteiger partial charge in [-0.25, -0.2) is 14.8 Å². The molecule has 3 aromatic heterocycles. The molecular formula is C25H28N4O4S. The molecule has 0 amide bonds. The van der Waals surface area contributed by atoms with E-state index in [1.54, 1.807) is 17.5 Å². The van der Waals surface area contributed by atoms with Crippen molar-refractivity contribution in [2.24, 2.45) is 0 Å². The van der Waals surface area contributed by atoms with Crippen molar-refractivity contribution in [2.75, 3.05) is 18.0 Å². The van der Waals surface area contributed by atoms with E-state index in [1.807, 2.05) is 17.0 Å².